The highest BCUT2D eigenvalue weighted by molar-refractivity contribution is 6.00. The molecule has 0 spiro atoms. The molecule has 3 unspecified atom stereocenters. The summed E-state index contributed by atoms with van der Waals surface area (Å²) in [5, 5.41) is 0. The van der Waals surface area contributed by atoms with E-state index in [2.05, 4.69) is 75.4 Å². The highest BCUT2D eigenvalue weighted by Gasteiger charge is 2.48. The van der Waals surface area contributed by atoms with Crippen molar-refractivity contribution in [2.45, 2.75) is 39.7 Å². The number of allylic oxidation sites excluding steroid dienone is 2. The molecule has 4 rings (SSSR count). The van der Waals surface area contributed by atoms with Crippen LogP contribution in [-0.4, -0.2) is 0 Å². The van der Waals surface area contributed by atoms with Gasteiger partial charge in [0.05, 0.1) is 0 Å². The van der Waals surface area contributed by atoms with Crippen LogP contribution in [0.25, 0.3) is 17.2 Å². The van der Waals surface area contributed by atoms with Gasteiger partial charge in [-0.1, -0.05) is 50.8 Å². The van der Waals surface area contributed by atoms with E-state index < -0.39 is 0 Å². The first-order chi connectivity index (χ1) is 11.1. The molecule has 2 heterocycles. The van der Waals surface area contributed by atoms with Crippen LogP contribution in [0.5, 0.6) is 0 Å². The maximum absolute atomic E-state index is 4.00. The van der Waals surface area contributed by atoms with Crippen molar-refractivity contribution in [1.29, 1.82) is 0 Å². The van der Waals surface area contributed by atoms with Crippen molar-refractivity contribution in [2.75, 3.05) is 0 Å². The van der Waals surface area contributed by atoms with Crippen molar-refractivity contribution >= 4 is 17.2 Å². The molecule has 0 N–H and O–H groups in total. The van der Waals surface area contributed by atoms with Gasteiger partial charge in [-0.3, -0.25) is 0 Å². The van der Waals surface area contributed by atoms with Crippen LogP contribution in [0.15, 0.2) is 43.1 Å². The fraction of sp³-hybridized carbons (Fsp3) is 0.318. The summed E-state index contributed by atoms with van der Waals surface area (Å²) in [6.07, 6.45) is 4.25. The summed E-state index contributed by atoms with van der Waals surface area (Å²) < 4.78 is 2.48. The number of hydrogen-bond donors (Lipinski definition) is 0. The Morgan fingerprint density at radius 2 is 1.78 bits per heavy atom. The third-order valence-corrected chi connectivity index (χ3v) is 5.92. The summed E-state index contributed by atoms with van der Waals surface area (Å²) in [5.41, 5.74) is 10.1. The first-order valence-corrected chi connectivity index (χ1v) is 8.57. The van der Waals surface area contributed by atoms with Crippen LogP contribution in [0.1, 0.15) is 60.7 Å². The zero-order valence-electron chi connectivity index (χ0n) is 14.4. The maximum Gasteiger partial charge on any atom is 0.214 e. The summed E-state index contributed by atoms with van der Waals surface area (Å²) in [4.78, 5) is 0. The Balaban J connectivity index is 2.05. The zero-order chi connectivity index (χ0) is 16.3. The minimum absolute atomic E-state index is 0.480. The van der Waals surface area contributed by atoms with Crippen LogP contribution in [0.2, 0.25) is 0 Å². The molecule has 0 saturated carbocycles. The van der Waals surface area contributed by atoms with E-state index in [0.29, 0.717) is 17.9 Å². The molecule has 2 aromatic rings. The van der Waals surface area contributed by atoms with E-state index in [0.717, 1.165) is 0 Å². The van der Waals surface area contributed by atoms with Gasteiger partial charge in [0.2, 0.25) is 5.69 Å². The fourth-order valence-corrected chi connectivity index (χ4v) is 4.48. The Bertz CT molecular complexity index is 856. The van der Waals surface area contributed by atoms with E-state index in [4.69, 9.17) is 0 Å². The summed E-state index contributed by atoms with van der Waals surface area (Å²) in [6, 6.07) is 11.5. The Morgan fingerprint density at radius 3 is 2.48 bits per heavy atom. The molecule has 2 aliphatic rings. The van der Waals surface area contributed by atoms with Crippen LogP contribution in [-0.2, 0) is 0 Å². The Labute approximate surface area is 139 Å². The standard InChI is InChI=1S/C22H24N/c1-6-17-11-12-23-16(5)14(3)20(18-10-8-7-9-13(18)2)21-15(4)19(17)22(21)23/h6-12,14-16H,1H2,2-5H3/q+1. The number of aryl methyl sites for hydroxylation is 1. The lowest BCUT2D eigenvalue weighted by Gasteiger charge is -2.39. The second-order valence-electron chi connectivity index (χ2n) is 7.04. The molecule has 1 aliphatic carbocycles. The second kappa shape index (κ2) is 4.92. The molecule has 1 aromatic heterocycles. The average Bonchev–Trinajstić information content (AvgIpc) is 2.57. The topological polar surface area (TPSA) is 3.88 Å². The van der Waals surface area contributed by atoms with Crippen molar-refractivity contribution in [1.82, 2.24) is 0 Å². The second-order valence-corrected chi connectivity index (χ2v) is 7.04. The largest absolute Gasteiger partial charge is 0.214 e. The Morgan fingerprint density at radius 1 is 1.04 bits per heavy atom. The Hall–Kier alpha value is -2.15. The Kier molecular flexibility index (Phi) is 3.09. The number of hydrogen-bond acceptors (Lipinski definition) is 0. The normalized spacial score (nSPS) is 25.0. The summed E-state index contributed by atoms with van der Waals surface area (Å²) in [5.74, 6) is 1.02. The van der Waals surface area contributed by atoms with E-state index in [1.54, 1.807) is 11.1 Å². The molecule has 116 valence electrons. The molecule has 0 saturated heterocycles. The summed E-state index contributed by atoms with van der Waals surface area (Å²) in [6.45, 7) is 13.3. The molecular weight excluding hydrogens is 278 g/mol. The number of aromatic nitrogens is 1. The van der Waals surface area contributed by atoms with Crippen LogP contribution >= 0.6 is 0 Å². The van der Waals surface area contributed by atoms with Crippen LogP contribution in [0.3, 0.4) is 0 Å². The maximum atomic E-state index is 4.00. The van der Waals surface area contributed by atoms with E-state index >= 15 is 0 Å². The highest BCUT2D eigenvalue weighted by atomic mass is 15.0. The molecule has 23 heavy (non-hydrogen) atoms. The van der Waals surface area contributed by atoms with Gasteiger partial charge in [0, 0.05) is 29.0 Å². The van der Waals surface area contributed by atoms with Gasteiger partial charge in [0.1, 0.15) is 0 Å². The summed E-state index contributed by atoms with van der Waals surface area (Å²) in [7, 11) is 0. The molecule has 0 radical (unpaired) electrons. The third-order valence-electron chi connectivity index (χ3n) is 5.92. The van der Waals surface area contributed by atoms with Crippen molar-refractivity contribution in [3.63, 3.8) is 0 Å². The van der Waals surface area contributed by atoms with Crippen molar-refractivity contribution in [3.05, 3.63) is 71.1 Å². The number of benzene rings is 1. The smallest absolute Gasteiger partial charge is 0.195 e. The first kappa shape index (κ1) is 14.4. The zero-order valence-corrected chi connectivity index (χ0v) is 14.4. The number of nitrogens with zero attached hydrogens (tertiary/aromatic N) is 1. The molecule has 1 nitrogen and oxygen atoms in total. The molecule has 0 fully saturated rings. The van der Waals surface area contributed by atoms with Gasteiger partial charge >= 0.3 is 0 Å². The van der Waals surface area contributed by atoms with Gasteiger partial charge in [-0.2, -0.15) is 4.57 Å². The lowest BCUT2D eigenvalue weighted by atomic mass is 9.66. The van der Waals surface area contributed by atoms with Gasteiger partial charge < -0.3 is 0 Å². The quantitative estimate of drug-likeness (QED) is 0.674. The molecule has 0 amide bonds. The number of pyridine rings is 1. The minimum atomic E-state index is 0.480. The van der Waals surface area contributed by atoms with Crippen LogP contribution in [0.4, 0.5) is 0 Å². The molecular formula is C22H24N+. The van der Waals surface area contributed by atoms with E-state index in [9.17, 15) is 0 Å². The van der Waals surface area contributed by atoms with Gasteiger partial charge in [-0.25, -0.2) is 0 Å². The van der Waals surface area contributed by atoms with Gasteiger partial charge in [-0.05, 0) is 36.1 Å². The summed E-state index contributed by atoms with van der Waals surface area (Å²) >= 11 is 0. The monoisotopic (exact) mass is 302 g/mol. The van der Waals surface area contributed by atoms with Crippen LogP contribution in [0, 0.1) is 12.8 Å². The van der Waals surface area contributed by atoms with Crippen molar-refractivity contribution < 1.29 is 4.57 Å². The lowest BCUT2D eigenvalue weighted by molar-refractivity contribution is -0.729. The SMILES string of the molecule is C=Cc1cc[n+]2c3c1C(C)C3=C(c1ccccc1C)C(C)C2C. The molecule has 1 heteroatoms. The highest BCUT2D eigenvalue weighted by Crippen LogP contribution is 2.54. The molecule has 3 atom stereocenters. The van der Waals surface area contributed by atoms with Crippen molar-refractivity contribution in [2.24, 2.45) is 5.92 Å². The molecule has 1 aliphatic heterocycles. The van der Waals surface area contributed by atoms with Crippen molar-refractivity contribution in [3.8, 4) is 0 Å². The van der Waals surface area contributed by atoms with Crippen LogP contribution < -0.4 is 4.57 Å². The minimum Gasteiger partial charge on any atom is -0.195 e. The van der Waals surface area contributed by atoms with Gasteiger partial charge in [-0.15, -0.1) is 0 Å². The predicted octanol–water partition coefficient (Wildman–Crippen LogP) is 5.16. The fourth-order valence-electron chi connectivity index (χ4n) is 4.48. The van der Waals surface area contributed by atoms with Gasteiger partial charge in [0.25, 0.3) is 0 Å². The van der Waals surface area contributed by atoms with E-state index in [-0.39, 0.29) is 0 Å². The van der Waals surface area contributed by atoms with Gasteiger partial charge in [0.15, 0.2) is 12.2 Å². The lowest BCUT2D eigenvalue weighted by Crippen LogP contribution is -2.52. The molecule has 1 aromatic carbocycles. The predicted molar refractivity (Wildman–Crippen MR) is 97.0 cm³/mol. The first-order valence-electron chi connectivity index (χ1n) is 8.57. The van der Waals surface area contributed by atoms with E-state index in [1.807, 2.05) is 6.08 Å². The van der Waals surface area contributed by atoms with E-state index in [1.165, 1.54) is 27.9 Å². The molecule has 0 bridgehead atoms. The third kappa shape index (κ3) is 1.77. The number of rotatable bonds is 2. The average molecular weight is 302 g/mol.